The first kappa shape index (κ1) is 23.2. The minimum atomic E-state index is -0.896. The van der Waals surface area contributed by atoms with Crippen LogP contribution < -0.4 is 19.9 Å². The van der Waals surface area contributed by atoms with Crippen LogP contribution in [0.4, 0.5) is 0 Å². The highest BCUT2D eigenvalue weighted by molar-refractivity contribution is 9.11. The number of ether oxygens (including phenoxy) is 3. The molecular weight excluding hydrogens is 508 g/mol. The van der Waals surface area contributed by atoms with E-state index in [2.05, 4.69) is 36.8 Å². The summed E-state index contributed by atoms with van der Waals surface area (Å²) in [5.41, 5.74) is 6.49. The maximum Gasteiger partial charge on any atom is 0.258 e. The number of aromatic nitrogens is 1. The van der Waals surface area contributed by atoms with E-state index in [1.54, 1.807) is 24.5 Å². The van der Waals surface area contributed by atoms with Gasteiger partial charge in [-0.15, -0.1) is 0 Å². The highest BCUT2D eigenvalue weighted by Gasteiger charge is 2.26. The number of pyridine rings is 1. The fourth-order valence-corrected chi connectivity index (χ4v) is 3.97. The van der Waals surface area contributed by atoms with Crippen molar-refractivity contribution >= 4 is 43.6 Å². The zero-order chi connectivity index (χ0) is 21.6. The van der Waals surface area contributed by atoms with E-state index in [1.165, 1.54) is 14.2 Å². The van der Waals surface area contributed by atoms with Crippen LogP contribution in [0.25, 0.3) is 0 Å². The van der Waals surface area contributed by atoms with Crippen LogP contribution in [0.5, 0.6) is 17.2 Å². The Morgan fingerprint density at radius 1 is 1.10 bits per heavy atom. The summed E-state index contributed by atoms with van der Waals surface area (Å²) < 4.78 is 18.0. The third kappa shape index (κ3) is 5.48. The number of nitrogens with zero attached hydrogens (tertiary/aromatic N) is 1. The van der Waals surface area contributed by atoms with Gasteiger partial charge in [-0.05, 0) is 56.0 Å². The summed E-state index contributed by atoms with van der Waals surface area (Å²) in [5.74, 6) is -0.1000. The van der Waals surface area contributed by atoms with Gasteiger partial charge in [-0.25, -0.2) is 0 Å². The van der Waals surface area contributed by atoms with E-state index in [4.69, 9.17) is 19.9 Å². The zero-order valence-electron chi connectivity index (χ0n) is 16.3. The number of carbonyl (C=O) groups excluding carboxylic acids is 2. The SMILES string of the molecule is CCCC(Oc1c(C(=O)Cc2c(Br)cncc2Br)ccc(OC)c1OC)C(N)=O. The van der Waals surface area contributed by atoms with Crippen LogP contribution in [0.1, 0.15) is 35.7 Å². The quantitative estimate of drug-likeness (QED) is 0.465. The van der Waals surface area contributed by atoms with Crippen LogP contribution in [-0.2, 0) is 11.2 Å². The standard InChI is InChI=1S/C20H22Br2N2O5/c1-4-5-17(20(23)26)29-18-11(6-7-16(27-2)19(18)28-3)15(25)8-12-13(21)9-24-10-14(12)22/h6-7,9-10,17H,4-5,8H2,1-3H3,(H2,23,26). The number of halogens is 2. The summed E-state index contributed by atoms with van der Waals surface area (Å²) in [6.45, 7) is 1.91. The minimum Gasteiger partial charge on any atom is -0.493 e. The van der Waals surface area contributed by atoms with Gasteiger partial charge in [-0.3, -0.25) is 14.6 Å². The van der Waals surface area contributed by atoms with Crippen LogP contribution in [0.15, 0.2) is 33.5 Å². The highest BCUT2D eigenvalue weighted by atomic mass is 79.9. The first-order valence-electron chi connectivity index (χ1n) is 8.86. The van der Waals surface area contributed by atoms with E-state index in [1.807, 2.05) is 6.92 Å². The third-order valence-electron chi connectivity index (χ3n) is 4.22. The molecule has 0 spiro atoms. The smallest absolute Gasteiger partial charge is 0.258 e. The lowest BCUT2D eigenvalue weighted by Gasteiger charge is -2.21. The lowest BCUT2D eigenvalue weighted by atomic mass is 10.0. The number of hydrogen-bond donors (Lipinski definition) is 1. The summed E-state index contributed by atoms with van der Waals surface area (Å²) in [6, 6.07) is 3.21. The largest absolute Gasteiger partial charge is 0.493 e. The Morgan fingerprint density at radius 2 is 1.76 bits per heavy atom. The molecule has 1 atom stereocenters. The van der Waals surface area contributed by atoms with Crippen molar-refractivity contribution < 1.29 is 23.8 Å². The Balaban J connectivity index is 2.52. The van der Waals surface area contributed by atoms with Crippen molar-refractivity contribution in [1.82, 2.24) is 4.98 Å². The van der Waals surface area contributed by atoms with Crippen LogP contribution >= 0.6 is 31.9 Å². The predicted molar refractivity (Wildman–Crippen MR) is 116 cm³/mol. The maximum atomic E-state index is 13.2. The summed E-state index contributed by atoms with van der Waals surface area (Å²) in [4.78, 5) is 29.0. The topological polar surface area (TPSA) is 101 Å². The van der Waals surface area contributed by atoms with Crippen molar-refractivity contribution in [3.8, 4) is 17.2 Å². The molecule has 0 saturated carbocycles. The molecule has 2 aromatic rings. The molecule has 2 N–H and O–H groups in total. The Labute approximate surface area is 186 Å². The van der Waals surface area contributed by atoms with E-state index in [0.29, 0.717) is 27.5 Å². The molecule has 0 bridgehead atoms. The fraction of sp³-hybridized carbons (Fsp3) is 0.350. The van der Waals surface area contributed by atoms with Gasteiger partial charge in [0.15, 0.2) is 23.4 Å². The summed E-state index contributed by atoms with van der Waals surface area (Å²) >= 11 is 6.83. The molecule has 2 rings (SSSR count). The number of rotatable bonds is 10. The Hall–Kier alpha value is -2.13. The molecule has 0 saturated heterocycles. The van der Waals surface area contributed by atoms with Crippen LogP contribution in [0.2, 0.25) is 0 Å². The predicted octanol–water partition coefficient (Wildman–Crippen LogP) is 4.08. The van der Waals surface area contributed by atoms with Gasteiger partial charge in [0.05, 0.1) is 19.8 Å². The molecule has 7 nitrogen and oxygen atoms in total. The molecule has 0 aliphatic heterocycles. The van der Waals surface area contributed by atoms with Crippen molar-refractivity contribution in [3.63, 3.8) is 0 Å². The molecule has 9 heteroatoms. The minimum absolute atomic E-state index is 0.0740. The molecule has 1 amide bonds. The third-order valence-corrected chi connectivity index (χ3v) is 5.59. The number of amides is 1. The van der Waals surface area contributed by atoms with Crippen molar-refractivity contribution in [2.24, 2.45) is 5.73 Å². The van der Waals surface area contributed by atoms with Gasteiger partial charge in [0.2, 0.25) is 5.75 Å². The monoisotopic (exact) mass is 528 g/mol. The second-order valence-electron chi connectivity index (χ2n) is 6.16. The van der Waals surface area contributed by atoms with Crippen molar-refractivity contribution in [2.75, 3.05) is 14.2 Å². The molecule has 1 unspecified atom stereocenters. The summed E-state index contributed by atoms with van der Waals surface area (Å²) in [5, 5.41) is 0. The van der Waals surface area contributed by atoms with Gasteiger partial charge < -0.3 is 19.9 Å². The molecular formula is C20H22Br2N2O5. The van der Waals surface area contributed by atoms with Crippen LogP contribution in [-0.4, -0.2) is 37.0 Å². The lowest BCUT2D eigenvalue weighted by Crippen LogP contribution is -2.34. The van der Waals surface area contributed by atoms with Gasteiger partial charge in [0, 0.05) is 27.8 Å². The lowest BCUT2D eigenvalue weighted by molar-refractivity contribution is -0.125. The highest BCUT2D eigenvalue weighted by Crippen LogP contribution is 2.41. The average molecular weight is 530 g/mol. The van der Waals surface area contributed by atoms with Gasteiger partial charge in [-0.1, -0.05) is 13.3 Å². The fourth-order valence-electron chi connectivity index (χ4n) is 2.76. The summed E-state index contributed by atoms with van der Waals surface area (Å²) in [7, 11) is 2.92. The number of Topliss-reactive ketones (excluding diaryl/α,β-unsaturated/α-hetero) is 1. The molecule has 1 heterocycles. The normalized spacial score (nSPS) is 11.6. The second kappa shape index (κ2) is 10.6. The van der Waals surface area contributed by atoms with E-state index >= 15 is 0 Å². The number of hydrogen-bond acceptors (Lipinski definition) is 6. The zero-order valence-corrected chi connectivity index (χ0v) is 19.5. The molecule has 1 aromatic carbocycles. The number of primary amides is 1. The Morgan fingerprint density at radius 3 is 2.28 bits per heavy atom. The molecule has 0 aliphatic rings. The number of ketones is 1. The molecule has 156 valence electrons. The Bertz CT molecular complexity index is 884. The van der Waals surface area contributed by atoms with Crippen LogP contribution in [0.3, 0.4) is 0 Å². The number of benzene rings is 1. The molecule has 0 radical (unpaired) electrons. The molecule has 1 aromatic heterocycles. The Kier molecular flexibility index (Phi) is 8.45. The maximum absolute atomic E-state index is 13.2. The van der Waals surface area contributed by atoms with Gasteiger partial charge in [0.1, 0.15) is 0 Å². The number of nitrogens with two attached hydrogens (primary N) is 1. The molecule has 29 heavy (non-hydrogen) atoms. The first-order valence-corrected chi connectivity index (χ1v) is 10.4. The number of carbonyl (C=O) groups is 2. The van der Waals surface area contributed by atoms with Gasteiger partial charge in [-0.2, -0.15) is 0 Å². The van der Waals surface area contributed by atoms with Crippen molar-refractivity contribution in [3.05, 3.63) is 44.6 Å². The number of methoxy groups -OCH3 is 2. The summed E-state index contributed by atoms with van der Waals surface area (Å²) in [6.07, 6.45) is 3.50. The van der Waals surface area contributed by atoms with Crippen molar-refractivity contribution in [1.29, 1.82) is 0 Å². The van der Waals surface area contributed by atoms with E-state index in [-0.39, 0.29) is 29.3 Å². The van der Waals surface area contributed by atoms with Gasteiger partial charge in [0.25, 0.3) is 5.91 Å². The first-order chi connectivity index (χ1) is 13.8. The van der Waals surface area contributed by atoms with E-state index in [0.717, 1.165) is 5.56 Å². The van der Waals surface area contributed by atoms with Gasteiger partial charge >= 0.3 is 0 Å². The van der Waals surface area contributed by atoms with E-state index in [9.17, 15) is 9.59 Å². The van der Waals surface area contributed by atoms with Crippen LogP contribution in [0, 0.1) is 0 Å². The molecule has 0 fully saturated rings. The molecule has 0 aliphatic carbocycles. The van der Waals surface area contributed by atoms with Crippen molar-refractivity contribution in [2.45, 2.75) is 32.3 Å². The second-order valence-corrected chi connectivity index (χ2v) is 7.87. The van der Waals surface area contributed by atoms with E-state index < -0.39 is 12.0 Å². The average Bonchev–Trinajstić information content (AvgIpc) is 2.69.